The van der Waals surface area contributed by atoms with Crippen LogP contribution in [0.15, 0.2) is 77.4 Å². The fourth-order valence-corrected chi connectivity index (χ4v) is 2.94. The number of hydrogen-bond acceptors (Lipinski definition) is 6. The fourth-order valence-electron chi connectivity index (χ4n) is 2.94. The third kappa shape index (κ3) is 5.18. The number of carbonyl (C=O) groups is 1. The first-order chi connectivity index (χ1) is 15.1. The molecule has 0 spiro atoms. The summed E-state index contributed by atoms with van der Waals surface area (Å²) in [7, 11) is 0. The minimum Gasteiger partial charge on any atom is -0.337 e. The Balaban J connectivity index is 1.32. The molecule has 4 rings (SSSR count). The van der Waals surface area contributed by atoms with Gasteiger partial charge in [-0.25, -0.2) is 4.39 Å². The minimum absolute atomic E-state index is 0.0204. The number of nitrogens with zero attached hydrogens (tertiary/aromatic N) is 3. The van der Waals surface area contributed by atoms with E-state index in [9.17, 15) is 9.18 Å². The van der Waals surface area contributed by atoms with Crippen LogP contribution in [0.1, 0.15) is 34.8 Å². The summed E-state index contributed by atoms with van der Waals surface area (Å²) in [6.45, 7) is 2.42. The van der Waals surface area contributed by atoms with Gasteiger partial charge in [-0.1, -0.05) is 23.4 Å². The van der Waals surface area contributed by atoms with Crippen LogP contribution in [0.4, 0.5) is 10.1 Å². The number of amides is 1. The van der Waals surface area contributed by atoms with Gasteiger partial charge in [0.05, 0.1) is 6.54 Å². The number of halogens is 1. The number of hydrogen-bond donors (Lipinski definition) is 2. The Morgan fingerprint density at radius 2 is 1.84 bits per heavy atom. The molecule has 1 atom stereocenters. The van der Waals surface area contributed by atoms with Gasteiger partial charge in [-0.2, -0.15) is 4.98 Å². The normalized spacial score (nSPS) is 11.8. The van der Waals surface area contributed by atoms with Gasteiger partial charge in [0.15, 0.2) is 0 Å². The van der Waals surface area contributed by atoms with Crippen molar-refractivity contribution in [3.05, 3.63) is 95.8 Å². The molecule has 0 fully saturated rings. The van der Waals surface area contributed by atoms with E-state index >= 15 is 0 Å². The zero-order valence-electron chi connectivity index (χ0n) is 16.7. The van der Waals surface area contributed by atoms with E-state index in [0.29, 0.717) is 35.2 Å². The van der Waals surface area contributed by atoms with Crippen molar-refractivity contribution < 1.29 is 13.7 Å². The van der Waals surface area contributed by atoms with Gasteiger partial charge in [0.2, 0.25) is 11.7 Å². The van der Waals surface area contributed by atoms with Crippen molar-refractivity contribution in [3.8, 4) is 11.5 Å². The molecule has 0 saturated heterocycles. The highest BCUT2D eigenvalue weighted by Gasteiger charge is 2.12. The molecular formula is C23H20FN5O2. The summed E-state index contributed by atoms with van der Waals surface area (Å²) >= 11 is 0. The van der Waals surface area contributed by atoms with Crippen molar-refractivity contribution in [2.24, 2.45) is 0 Å². The Labute approximate surface area is 178 Å². The van der Waals surface area contributed by atoms with Crippen molar-refractivity contribution in [1.82, 2.24) is 20.4 Å². The molecular weight excluding hydrogens is 397 g/mol. The number of rotatable bonds is 7. The second-order valence-corrected chi connectivity index (χ2v) is 6.91. The number of benzene rings is 2. The molecule has 0 aliphatic rings. The van der Waals surface area contributed by atoms with Crippen LogP contribution in [-0.2, 0) is 6.54 Å². The van der Waals surface area contributed by atoms with E-state index < -0.39 is 0 Å². The van der Waals surface area contributed by atoms with Gasteiger partial charge in [0.1, 0.15) is 11.5 Å². The van der Waals surface area contributed by atoms with Crippen LogP contribution in [-0.4, -0.2) is 21.0 Å². The lowest BCUT2D eigenvalue weighted by molar-refractivity contribution is 0.102. The van der Waals surface area contributed by atoms with Crippen LogP contribution in [0.2, 0.25) is 0 Å². The summed E-state index contributed by atoms with van der Waals surface area (Å²) in [6.07, 6.45) is 1.68. The molecule has 2 aromatic heterocycles. The Hall–Kier alpha value is -3.91. The predicted molar refractivity (Wildman–Crippen MR) is 114 cm³/mol. The Bertz CT molecular complexity index is 1140. The largest absolute Gasteiger partial charge is 0.337 e. The van der Waals surface area contributed by atoms with Crippen molar-refractivity contribution >= 4 is 11.6 Å². The monoisotopic (exact) mass is 417 g/mol. The van der Waals surface area contributed by atoms with Crippen LogP contribution in [0.25, 0.3) is 11.5 Å². The van der Waals surface area contributed by atoms with E-state index in [2.05, 4.69) is 25.8 Å². The van der Waals surface area contributed by atoms with Crippen LogP contribution in [0, 0.1) is 5.82 Å². The molecule has 4 aromatic rings. The SMILES string of the molecule is CC(NCc1nc(-c2ccccn2)no1)c1ccc(NC(=O)c2ccc(F)cc2)cc1. The van der Waals surface area contributed by atoms with Crippen molar-refractivity contribution in [3.63, 3.8) is 0 Å². The number of anilines is 1. The highest BCUT2D eigenvalue weighted by molar-refractivity contribution is 6.04. The smallest absolute Gasteiger partial charge is 0.255 e. The molecule has 156 valence electrons. The molecule has 0 aliphatic carbocycles. The lowest BCUT2D eigenvalue weighted by Gasteiger charge is -2.13. The van der Waals surface area contributed by atoms with Crippen molar-refractivity contribution in [2.75, 3.05) is 5.32 Å². The Morgan fingerprint density at radius 1 is 1.06 bits per heavy atom. The summed E-state index contributed by atoms with van der Waals surface area (Å²) in [4.78, 5) is 20.8. The first-order valence-electron chi connectivity index (χ1n) is 9.73. The van der Waals surface area contributed by atoms with E-state index in [1.807, 2.05) is 49.4 Å². The summed E-state index contributed by atoms with van der Waals surface area (Å²) < 4.78 is 18.3. The highest BCUT2D eigenvalue weighted by atomic mass is 19.1. The zero-order chi connectivity index (χ0) is 21.6. The molecule has 8 heteroatoms. The van der Waals surface area contributed by atoms with Gasteiger partial charge >= 0.3 is 0 Å². The average Bonchev–Trinajstić information content (AvgIpc) is 3.28. The first-order valence-corrected chi connectivity index (χ1v) is 9.73. The quantitative estimate of drug-likeness (QED) is 0.464. The zero-order valence-corrected chi connectivity index (χ0v) is 16.7. The molecule has 2 heterocycles. The minimum atomic E-state index is -0.379. The number of carbonyl (C=O) groups excluding carboxylic acids is 1. The standard InChI is InChI=1S/C23H20FN5O2/c1-15(26-14-21-28-22(29-31-21)20-4-2-3-13-25-20)16-7-11-19(12-8-16)27-23(30)17-5-9-18(24)10-6-17/h2-13,15,26H,14H2,1H3,(H,27,30). The molecule has 7 nitrogen and oxygen atoms in total. The van der Waals surface area contributed by atoms with Gasteiger partial charge in [-0.15, -0.1) is 0 Å². The highest BCUT2D eigenvalue weighted by Crippen LogP contribution is 2.18. The molecule has 0 aliphatic heterocycles. The predicted octanol–water partition coefficient (Wildman–Crippen LogP) is 4.37. The van der Waals surface area contributed by atoms with Crippen LogP contribution >= 0.6 is 0 Å². The first kappa shape index (κ1) is 20.4. The molecule has 1 unspecified atom stereocenters. The third-order valence-electron chi connectivity index (χ3n) is 4.70. The van der Waals surface area contributed by atoms with E-state index in [-0.39, 0.29) is 17.8 Å². The molecule has 0 bridgehead atoms. The molecule has 2 aromatic carbocycles. The number of nitrogens with one attached hydrogen (secondary N) is 2. The lowest BCUT2D eigenvalue weighted by Crippen LogP contribution is -2.18. The Morgan fingerprint density at radius 3 is 2.55 bits per heavy atom. The molecule has 0 radical (unpaired) electrons. The number of pyridine rings is 1. The Kier molecular flexibility index (Phi) is 6.09. The van der Waals surface area contributed by atoms with Gasteiger partial charge in [0.25, 0.3) is 5.91 Å². The maximum atomic E-state index is 13.0. The topological polar surface area (TPSA) is 92.9 Å². The van der Waals surface area contributed by atoms with Crippen LogP contribution < -0.4 is 10.6 Å². The average molecular weight is 417 g/mol. The maximum Gasteiger partial charge on any atom is 0.255 e. The fraction of sp³-hybridized carbons (Fsp3) is 0.130. The van der Waals surface area contributed by atoms with Gasteiger partial charge in [-0.3, -0.25) is 9.78 Å². The second-order valence-electron chi connectivity index (χ2n) is 6.91. The summed E-state index contributed by atoms with van der Waals surface area (Å²) in [5, 5.41) is 10.1. The van der Waals surface area contributed by atoms with Crippen LogP contribution in [0.3, 0.4) is 0 Å². The van der Waals surface area contributed by atoms with Gasteiger partial charge < -0.3 is 15.2 Å². The number of aromatic nitrogens is 3. The van der Waals surface area contributed by atoms with E-state index in [4.69, 9.17) is 4.52 Å². The second kappa shape index (κ2) is 9.27. The third-order valence-corrected chi connectivity index (χ3v) is 4.70. The summed E-state index contributed by atoms with van der Waals surface area (Å²) in [6, 6.07) is 18.4. The molecule has 31 heavy (non-hydrogen) atoms. The van der Waals surface area contributed by atoms with Crippen molar-refractivity contribution in [1.29, 1.82) is 0 Å². The maximum absolute atomic E-state index is 13.0. The van der Waals surface area contributed by atoms with E-state index in [1.165, 1.54) is 24.3 Å². The van der Waals surface area contributed by atoms with E-state index in [1.54, 1.807) is 6.20 Å². The summed E-state index contributed by atoms with van der Waals surface area (Å²) in [5.74, 6) is 0.247. The van der Waals surface area contributed by atoms with Gasteiger partial charge in [-0.05, 0) is 61.0 Å². The molecule has 1 amide bonds. The van der Waals surface area contributed by atoms with E-state index in [0.717, 1.165) is 5.56 Å². The molecule has 0 saturated carbocycles. The molecule has 2 N–H and O–H groups in total. The lowest BCUT2D eigenvalue weighted by atomic mass is 10.1. The van der Waals surface area contributed by atoms with Crippen molar-refractivity contribution in [2.45, 2.75) is 19.5 Å². The van der Waals surface area contributed by atoms with Crippen LogP contribution in [0.5, 0.6) is 0 Å². The van der Waals surface area contributed by atoms with Gasteiger partial charge in [0, 0.05) is 23.5 Å². The summed E-state index contributed by atoms with van der Waals surface area (Å²) in [5.41, 5.74) is 2.74.